The van der Waals surface area contributed by atoms with Gasteiger partial charge in [-0.2, -0.15) is 0 Å². The fourth-order valence-corrected chi connectivity index (χ4v) is 4.07. The SMILES string of the molecule is CCc1ccc(NC(=O)OCC2c3ccccc3-c3ccccc32)c(C(=O)NOCC(=O)O)c1. The first-order chi connectivity index (χ1) is 16.5. The molecule has 2 amide bonds. The zero-order valence-electron chi connectivity index (χ0n) is 18.5. The number of fused-ring (bicyclic) bond motifs is 3. The lowest BCUT2D eigenvalue weighted by molar-refractivity contribution is -0.144. The maximum Gasteiger partial charge on any atom is 0.411 e. The summed E-state index contributed by atoms with van der Waals surface area (Å²) >= 11 is 0. The first kappa shape index (κ1) is 23.0. The number of rotatable bonds is 8. The molecular formula is C26H24N2O6. The van der Waals surface area contributed by atoms with Gasteiger partial charge in [0.1, 0.15) is 6.61 Å². The van der Waals surface area contributed by atoms with Crippen LogP contribution in [0.2, 0.25) is 0 Å². The lowest BCUT2D eigenvalue weighted by atomic mass is 9.98. The van der Waals surface area contributed by atoms with Crippen LogP contribution >= 0.6 is 0 Å². The van der Waals surface area contributed by atoms with Crippen LogP contribution in [0.1, 0.15) is 39.9 Å². The van der Waals surface area contributed by atoms with Gasteiger partial charge < -0.3 is 9.84 Å². The van der Waals surface area contributed by atoms with E-state index in [9.17, 15) is 14.4 Å². The Bertz CT molecular complexity index is 1190. The number of aliphatic carboxylic acids is 1. The molecule has 3 N–H and O–H groups in total. The second-order valence-electron chi connectivity index (χ2n) is 7.80. The number of hydrogen-bond acceptors (Lipinski definition) is 5. The van der Waals surface area contributed by atoms with Crippen molar-refractivity contribution >= 4 is 23.7 Å². The molecule has 8 nitrogen and oxygen atoms in total. The van der Waals surface area contributed by atoms with Gasteiger partial charge in [-0.1, -0.05) is 61.5 Å². The number of aryl methyl sites for hydroxylation is 1. The van der Waals surface area contributed by atoms with Crippen LogP contribution < -0.4 is 10.8 Å². The van der Waals surface area contributed by atoms with Gasteiger partial charge in [-0.05, 0) is 46.4 Å². The highest BCUT2D eigenvalue weighted by Crippen LogP contribution is 2.44. The van der Waals surface area contributed by atoms with Crippen LogP contribution in [0, 0.1) is 0 Å². The first-order valence-electron chi connectivity index (χ1n) is 10.9. The molecule has 0 unspecified atom stereocenters. The Balaban J connectivity index is 1.46. The number of amides is 2. The molecule has 0 atom stereocenters. The van der Waals surface area contributed by atoms with Crippen molar-refractivity contribution < 1.29 is 29.1 Å². The molecule has 0 saturated carbocycles. The third-order valence-electron chi connectivity index (χ3n) is 5.68. The number of nitrogens with one attached hydrogen (secondary N) is 2. The van der Waals surface area contributed by atoms with Crippen LogP contribution in [-0.4, -0.2) is 36.3 Å². The Morgan fingerprint density at radius 1 is 0.941 bits per heavy atom. The number of benzene rings is 3. The molecule has 0 radical (unpaired) electrons. The highest BCUT2D eigenvalue weighted by Gasteiger charge is 2.29. The van der Waals surface area contributed by atoms with E-state index in [-0.39, 0.29) is 23.8 Å². The molecule has 0 aromatic heterocycles. The van der Waals surface area contributed by atoms with Crippen LogP contribution in [0.3, 0.4) is 0 Å². The topological polar surface area (TPSA) is 114 Å². The molecule has 8 heteroatoms. The predicted octanol–water partition coefficient (Wildman–Crippen LogP) is 4.36. The Kier molecular flexibility index (Phi) is 6.89. The Labute approximate surface area is 196 Å². The maximum atomic E-state index is 12.7. The van der Waals surface area contributed by atoms with Gasteiger partial charge in [-0.3, -0.25) is 14.9 Å². The summed E-state index contributed by atoms with van der Waals surface area (Å²) in [6.07, 6.45) is -0.0341. The predicted molar refractivity (Wildman–Crippen MR) is 126 cm³/mol. The van der Waals surface area contributed by atoms with Crippen molar-refractivity contribution in [2.45, 2.75) is 19.3 Å². The standard InChI is InChI=1S/C26H24N2O6/c1-2-16-11-12-23(21(13-16)25(31)28-34-15-24(29)30)27-26(32)33-14-22-19-9-5-3-7-17(19)18-8-4-6-10-20(18)22/h3-13,22H,2,14-15H2,1H3,(H,27,32)(H,28,31)(H,29,30). The van der Waals surface area contributed by atoms with E-state index in [0.717, 1.165) is 27.8 Å². The lowest BCUT2D eigenvalue weighted by Gasteiger charge is -2.16. The molecule has 1 aliphatic rings. The van der Waals surface area contributed by atoms with Crippen molar-refractivity contribution in [2.75, 3.05) is 18.5 Å². The smallest absolute Gasteiger partial charge is 0.411 e. The fourth-order valence-electron chi connectivity index (χ4n) is 4.07. The molecule has 34 heavy (non-hydrogen) atoms. The first-order valence-corrected chi connectivity index (χ1v) is 10.9. The molecule has 174 valence electrons. The summed E-state index contributed by atoms with van der Waals surface area (Å²) in [5.74, 6) is -1.99. The number of carboxylic acids is 1. The number of anilines is 1. The molecule has 1 aliphatic carbocycles. The molecule has 3 aromatic rings. The van der Waals surface area contributed by atoms with Crippen LogP contribution in [0.25, 0.3) is 11.1 Å². The Hall–Kier alpha value is -4.17. The minimum atomic E-state index is -1.22. The zero-order valence-corrected chi connectivity index (χ0v) is 18.5. The molecule has 3 aromatic carbocycles. The number of carbonyl (C=O) groups excluding carboxylic acids is 2. The van der Waals surface area contributed by atoms with Gasteiger partial charge in [0.2, 0.25) is 0 Å². The van der Waals surface area contributed by atoms with E-state index in [1.165, 1.54) is 0 Å². The Morgan fingerprint density at radius 3 is 2.21 bits per heavy atom. The van der Waals surface area contributed by atoms with Gasteiger partial charge >= 0.3 is 12.1 Å². The van der Waals surface area contributed by atoms with Gasteiger partial charge in [-0.15, -0.1) is 0 Å². The van der Waals surface area contributed by atoms with Crippen molar-refractivity contribution in [1.82, 2.24) is 5.48 Å². The minimum absolute atomic E-state index is 0.0900. The van der Waals surface area contributed by atoms with E-state index >= 15 is 0 Å². The van der Waals surface area contributed by atoms with Crippen molar-refractivity contribution in [1.29, 1.82) is 0 Å². The lowest BCUT2D eigenvalue weighted by Crippen LogP contribution is -2.28. The molecule has 0 aliphatic heterocycles. The summed E-state index contributed by atoms with van der Waals surface area (Å²) < 4.78 is 5.56. The largest absolute Gasteiger partial charge is 0.479 e. The van der Waals surface area contributed by atoms with Crippen molar-refractivity contribution in [2.24, 2.45) is 0 Å². The molecule has 0 heterocycles. The van der Waals surface area contributed by atoms with Crippen LogP contribution in [-0.2, 0) is 20.8 Å². The number of carboxylic acid groups (broad SMARTS) is 1. The zero-order chi connectivity index (χ0) is 24.1. The van der Waals surface area contributed by atoms with Crippen LogP contribution in [0.4, 0.5) is 10.5 Å². The van der Waals surface area contributed by atoms with Gasteiger partial charge in [0.25, 0.3) is 5.91 Å². The van der Waals surface area contributed by atoms with Crippen molar-refractivity contribution in [3.63, 3.8) is 0 Å². The maximum absolute atomic E-state index is 12.7. The molecule has 0 saturated heterocycles. The normalized spacial score (nSPS) is 11.9. The van der Waals surface area contributed by atoms with E-state index in [2.05, 4.69) is 27.8 Å². The summed E-state index contributed by atoms with van der Waals surface area (Å²) in [5, 5.41) is 11.3. The van der Waals surface area contributed by atoms with E-state index in [1.54, 1.807) is 18.2 Å². The van der Waals surface area contributed by atoms with Crippen LogP contribution in [0.15, 0.2) is 66.7 Å². The third-order valence-corrected chi connectivity index (χ3v) is 5.68. The molecular weight excluding hydrogens is 436 g/mol. The summed E-state index contributed by atoms with van der Waals surface area (Å²) in [7, 11) is 0. The highest BCUT2D eigenvalue weighted by atomic mass is 16.7. The molecule has 0 fully saturated rings. The van der Waals surface area contributed by atoms with Crippen molar-refractivity contribution in [3.8, 4) is 11.1 Å². The Morgan fingerprint density at radius 2 is 1.59 bits per heavy atom. The van der Waals surface area contributed by atoms with Crippen LogP contribution in [0.5, 0.6) is 0 Å². The number of hydrogen-bond donors (Lipinski definition) is 3. The summed E-state index contributed by atoms with van der Waals surface area (Å²) in [6.45, 7) is 1.38. The molecule has 4 rings (SSSR count). The van der Waals surface area contributed by atoms with Gasteiger partial charge in [0, 0.05) is 5.92 Å². The van der Waals surface area contributed by atoms with Gasteiger partial charge in [0.05, 0.1) is 11.3 Å². The highest BCUT2D eigenvalue weighted by molar-refractivity contribution is 6.02. The summed E-state index contributed by atoms with van der Waals surface area (Å²) in [6, 6.07) is 21.1. The molecule has 0 bridgehead atoms. The summed E-state index contributed by atoms with van der Waals surface area (Å²) in [4.78, 5) is 40.5. The third kappa shape index (κ3) is 4.92. The number of hydroxylamine groups is 1. The minimum Gasteiger partial charge on any atom is -0.479 e. The average Bonchev–Trinajstić information content (AvgIpc) is 3.16. The second-order valence-corrected chi connectivity index (χ2v) is 7.80. The van der Waals surface area contributed by atoms with Gasteiger partial charge in [0.15, 0.2) is 6.61 Å². The van der Waals surface area contributed by atoms with Crippen molar-refractivity contribution in [3.05, 3.63) is 89.0 Å². The van der Waals surface area contributed by atoms with E-state index in [1.807, 2.05) is 43.3 Å². The summed E-state index contributed by atoms with van der Waals surface area (Å²) in [5.41, 5.74) is 7.76. The quantitative estimate of drug-likeness (QED) is 0.431. The average molecular weight is 460 g/mol. The number of ether oxygens (including phenoxy) is 1. The fraction of sp³-hybridized carbons (Fsp3) is 0.192. The van der Waals surface area contributed by atoms with E-state index in [4.69, 9.17) is 9.84 Å². The van der Waals surface area contributed by atoms with E-state index in [0.29, 0.717) is 6.42 Å². The van der Waals surface area contributed by atoms with E-state index < -0.39 is 24.6 Å². The van der Waals surface area contributed by atoms with Gasteiger partial charge in [-0.25, -0.2) is 15.1 Å². The monoisotopic (exact) mass is 460 g/mol. The molecule has 0 spiro atoms. The second kappa shape index (κ2) is 10.2. The number of carbonyl (C=O) groups is 3.